The molecule has 3 aromatic rings. The third kappa shape index (κ3) is 3.69. The van der Waals surface area contributed by atoms with E-state index in [1.54, 1.807) is 19.2 Å². The minimum absolute atomic E-state index is 0.00846. The fourth-order valence-electron chi connectivity index (χ4n) is 4.55. The van der Waals surface area contributed by atoms with Crippen molar-refractivity contribution in [3.8, 4) is 22.8 Å². The van der Waals surface area contributed by atoms with Gasteiger partial charge in [-0.25, -0.2) is 0 Å². The summed E-state index contributed by atoms with van der Waals surface area (Å²) in [5.41, 5.74) is 2.61. The van der Waals surface area contributed by atoms with Gasteiger partial charge in [-0.15, -0.1) is 0 Å². The first-order valence-electron chi connectivity index (χ1n) is 10.2. The van der Waals surface area contributed by atoms with Crippen molar-refractivity contribution < 1.29 is 19.0 Å². The molecule has 1 aliphatic rings. The van der Waals surface area contributed by atoms with Gasteiger partial charge in [0.2, 0.25) is 0 Å². The molecule has 4 rings (SSSR count). The van der Waals surface area contributed by atoms with Crippen LogP contribution in [0.5, 0.6) is 11.5 Å². The maximum Gasteiger partial charge on any atom is 0.197 e. The smallest absolute Gasteiger partial charge is 0.197 e. The third-order valence-electron chi connectivity index (χ3n) is 6.17. The average Bonchev–Trinajstić information content (AvgIpc) is 3.13. The molecule has 7 heteroatoms. The van der Waals surface area contributed by atoms with Crippen LogP contribution in [0.25, 0.3) is 22.3 Å². The van der Waals surface area contributed by atoms with E-state index in [1.165, 1.54) is 13.2 Å². The Morgan fingerprint density at radius 3 is 2.61 bits per heavy atom. The molecule has 6 nitrogen and oxygen atoms in total. The van der Waals surface area contributed by atoms with Crippen molar-refractivity contribution >= 4 is 22.6 Å². The maximum absolute atomic E-state index is 13.2. The summed E-state index contributed by atoms with van der Waals surface area (Å²) in [6.07, 6.45) is 0.804. The molecule has 1 aromatic heterocycles. The van der Waals surface area contributed by atoms with Crippen LogP contribution >= 0.6 is 11.6 Å². The van der Waals surface area contributed by atoms with Crippen molar-refractivity contribution in [3.05, 3.63) is 56.7 Å². The molecule has 1 saturated heterocycles. The largest absolute Gasteiger partial charge is 0.496 e. The molecule has 0 spiro atoms. The SMILES string of the molecule is COc1cc(OC)c2c(=O)cc(-c3cc(C)ccc3Cl)oc2c1[C@@H]1CCN(C)[C@H]1CO. The second kappa shape index (κ2) is 8.54. The first-order valence-corrected chi connectivity index (χ1v) is 10.6. The summed E-state index contributed by atoms with van der Waals surface area (Å²) >= 11 is 6.43. The first kappa shape index (κ1) is 21.7. The van der Waals surface area contributed by atoms with E-state index in [4.69, 9.17) is 25.5 Å². The highest BCUT2D eigenvalue weighted by molar-refractivity contribution is 6.33. The number of rotatable bonds is 5. The summed E-state index contributed by atoms with van der Waals surface area (Å²) in [4.78, 5) is 15.4. The number of nitrogens with zero attached hydrogens (tertiary/aromatic N) is 1. The number of methoxy groups -OCH3 is 2. The molecular formula is C24H26ClNO5. The summed E-state index contributed by atoms with van der Waals surface area (Å²) in [6.45, 7) is 2.77. The fourth-order valence-corrected chi connectivity index (χ4v) is 4.76. The van der Waals surface area contributed by atoms with E-state index < -0.39 is 0 Å². The van der Waals surface area contributed by atoms with E-state index in [-0.39, 0.29) is 24.0 Å². The highest BCUT2D eigenvalue weighted by Crippen LogP contribution is 2.45. The molecule has 1 fully saturated rings. The number of likely N-dealkylation sites (N-methyl/N-ethyl adjacent to an activating group) is 1. The lowest BCUT2D eigenvalue weighted by Gasteiger charge is -2.25. The minimum atomic E-state index is -0.221. The average molecular weight is 444 g/mol. The Balaban J connectivity index is 2.07. The van der Waals surface area contributed by atoms with Crippen LogP contribution in [0.2, 0.25) is 5.02 Å². The van der Waals surface area contributed by atoms with Crippen LogP contribution < -0.4 is 14.9 Å². The number of aliphatic hydroxyl groups excluding tert-OH is 1. The van der Waals surface area contributed by atoms with Crippen molar-refractivity contribution in [3.63, 3.8) is 0 Å². The zero-order valence-corrected chi connectivity index (χ0v) is 18.8. The fraction of sp³-hybridized carbons (Fsp3) is 0.375. The first-order chi connectivity index (χ1) is 14.9. The molecule has 0 amide bonds. The topological polar surface area (TPSA) is 72.1 Å². The van der Waals surface area contributed by atoms with Crippen molar-refractivity contribution in [2.45, 2.75) is 25.3 Å². The van der Waals surface area contributed by atoms with Gasteiger partial charge in [0.05, 0.1) is 25.8 Å². The minimum Gasteiger partial charge on any atom is -0.496 e. The molecule has 1 N–H and O–H groups in total. The van der Waals surface area contributed by atoms with Crippen molar-refractivity contribution in [2.75, 3.05) is 34.4 Å². The molecule has 0 aliphatic carbocycles. The van der Waals surface area contributed by atoms with Gasteiger partial charge in [0.15, 0.2) is 5.43 Å². The van der Waals surface area contributed by atoms with Crippen molar-refractivity contribution in [1.29, 1.82) is 0 Å². The molecule has 1 aliphatic heterocycles. The molecular weight excluding hydrogens is 418 g/mol. The lowest BCUT2D eigenvalue weighted by Crippen LogP contribution is -2.32. The molecule has 164 valence electrons. The zero-order valence-electron chi connectivity index (χ0n) is 18.1. The molecule has 0 unspecified atom stereocenters. The van der Waals surface area contributed by atoms with Crippen molar-refractivity contribution in [2.24, 2.45) is 0 Å². The second-order valence-corrected chi connectivity index (χ2v) is 8.39. The number of halogens is 1. The molecule has 2 atom stereocenters. The third-order valence-corrected chi connectivity index (χ3v) is 6.50. The number of aryl methyl sites for hydroxylation is 1. The second-order valence-electron chi connectivity index (χ2n) is 7.98. The molecule has 31 heavy (non-hydrogen) atoms. The number of aliphatic hydroxyl groups is 1. The van der Waals surface area contributed by atoms with Crippen LogP contribution in [0.1, 0.15) is 23.5 Å². The van der Waals surface area contributed by atoms with E-state index in [1.807, 2.05) is 26.1 Å². The highest BCUT2D eigenvalue weighted by Gasteiger charge is 2.37. The number of hydrogen-bond donors (Lipinski definition) is 1. The zero-order chi connectivity index (χ0) is 22.3. The summed E-state index contributed by atoms with van der Waals surface area (Å²) in [5.74, 6) is 1.27. The number of likely N-dealkylation sites (tertiary alicyclic amines) is 1. The van der Waals surface area contributed by atoms with Crippen LogP contribution in [-0.2, 0) is 0 Å². The van der Waals surface area contributed by atoms with Gasteiger partial charge in [-0.05, 0) is 39.1 Å². The van der Waals surface area contributed by atoms with E-state index in [0.29, 0.717) is 38.8 Å². The molecule has 0 radical (unpaired) electrons. The van der Waals surface area contributed by atoms with E-state index in [2.05, 4.69) is 4.90 Å². The lowest BCUT2D eigenvalue weighted by molar-refractivity contribution is 0.171. The van der Waals surface area contributed by atoms with E-state index in [0.717, 1.165) is 24.1 Å². The molecule has 2 aromatic carbocycles. The number of hydrogen-bond acceptors (Lipinski definition) is 6. The van der Waals surface area contributed by atoms with Crippen LogP contribution in [0, 0.1) is 6.92 Å². The van der Waals surface area contributed by atoms with Crippen LogP contribution in [0.4, 0.5) is 0 Å². The van der Waals surface area contributed by atoms with Crippen LogP contribution in [0.3, 0.4) is 0 Å². The van der Waals surface area contributed by atoms with E-state index in [9.17, 15) is 9.90 Å². The van der Waals surface area contributed by atoms with Gasteiger partial charge in [0, 0.05) is 35.2 Å². The van der Waals surface area contributed by atoms with Gasteiger partial charge in [-0.3, -0.25) is 4.79 Å². The lowest BCUT2D eigenvalue weighted by atomic mass is 9.89. The predicted octanol–water partition coefficient (Wildman–Crippen LogP) is 4.22. The standard InChI is InChI=1S/C24H26ClNO5/c1-13-5-6-16(25)15(9-13)19-10-18(28)23-21(30-4)11-20(29-3)22(24(23)31-19)14-7-8-26(2)17(14)12-27/h5-6,9-11,14,17,27H,7-8,12H2,1-4H3/t14-,17+/m1/s1. The summed E-state index contributed by atoms with van der Waals surface area (Å²) < 4.78 is 17.6. The summed E-state index contributed by atoms with van der Waals surface area (Å²) in [6, 6.07) is 8.65. The Kier molecular flexibility index (Phi) is 5.97. The van der Waals surface area contributed by atoms with Crippen LogP contribution in [-0.4, -0.2) is 50.5 Å². The summed E-state index contributed by atoms with van der Waals surface area (Å²) in [5, 5.41) is 10.9. The Morgan fingerprint density at radius 1 is 1.19 bits per heavy atom. The number of benzene rings is 2. The Labute approximate surface area is 185 Å². The Morgan fingerprint density at radius 2 is 1.94 bits per heavy atom. The maximum atomic E-state index is 13.2. The Bertz CT molecular complexity index is 1190. The number of fused-ring (bicyclic) bond motifs is 1. The highest BCUT2D eigenvalue weighted by atomic mass is 35.5. The molecule has 0 saturated carbocycles. The van der Waals surface area contributed by atoms with Gasteiger partial charge < -0.3 is 23.9 Å². The van der Waals surface area contributed by atoms with Gasteiger partial charge in [0.1, 0.15) is 28.2 Å². The van der Waals surface area contributed by atoms with Gasteiger partial charge in [0.25, 0.3) is 0 Å². The van der Waals surface area contributed by atoms with Gasteiger partial charge in [-0.2, -0.15) is 0 Å². The number of ether oxygens (including phenoxy) is 2. The normalized spacial score (nSPS) is 19.2. The summed E-state index contributed by atoms with van der Waals surface area (Å²) in [7, 11) is 5.07. The Hall–Kier alpha value is -2.54. The molecule has 0 bridgehead atoms. The monoisotopic (exact) mass is 443 g/mol. The predicted molar refractivity (Wildman–Crippen MR) is 122 cm³/mol. The van der Waals surface area contributed by atoms with Gasteiger partial charge in [-0.1, -0.05) is 23.2 Å². The van der Waals surface area contributed by atoms with Crippen LogP contribution in [0.15, 0.2) is 39.5 Å². The van der Waals surface area contributed by atoms with Gasteiger partial charge >= 0.3 is 0 Å². The molecule has 2 heterocycles. The van der Waals surface area contributed by atoms with E-state index >= 15 is 0 Å². The van der Waals surface area contributed by atoms with Crippen molar-refractivity contribution in [1.82, 2.24) is 4.90 Å². The quantitative estimate of drug-likeness (QED) is 0.636.